The predicted octanol–water partition coefficient (Wildman–Crippen LogP) is 2.49. The van der Waals surface area contributed by atoms with Gasteiger partial charge in [0.2, 0.25) is 5.91 Å². The second kappa shape index (κ2) is 7.08. The molecule has 0 aromatic heterocycles. The molecule has 0 radical (unpaired) electrons. The number of carbonyl (C=O) groups excluding carboxylic acids is 2. The highest BCUT2D eigenvalue weighted by Gasteiger charge is 2.34. The van der Waals surface area contributed by atoms with Gasteiger partial charge in [0, 0.05) is 19.3 Å². The standard InChI is InChI=1S/C14H15ClF3N3O2/c1-20(7-12(17)18)14(23)19-11-4-5-21(13(11)22)8-2-3-9(15)10(16)6-8/h2-3,6,11-12H,4-5,7H2,1H3,(H,19,23). The van der Waals surface area contributed by atoms with Crippen molar-refractivity contribution in [1.29, 1.82) is 0 Å². The van der Waals surface area contributed by atoms with E-state index < -0.39 is 36.8 Å². The highest BCUT2D eigenvalue weighted by atomic mass is 35.5. The minimum absolute atomic E-state index is 0.0566. The Hall–Kier alpha value is -1.96. The number of amides is 3. The molecule has 1 unspecified atom stereocenters. The van der Waals surface area contributed by atoms with Crippen molar-refractivity contribution in [3.8, 4) is 0 Å². The first-order valence-corrected chi connectivity index (χ1v) is 7.23. The fraction of sp³-hybridized carbons (Fsp3) is 0.429. The molecule has 1 atom stereocenters. The number of benzene rings is 1. The van der Waals surface area contributed by atoms with Gasteiger partial charge in [0.05, 0.1) is 11.6 Å². The lowest BCUT2D eigenvalue weighted by Gasteiger charge is -2.21. The average Bonchev–Trinajstić information content (AvgIpc) is 2.82. The van der Waals surface area contributed by atoms with Crippen molar-refractivity contribution in [2.24, 2.45) is 0 Å². The van der Waals surface area contributed by atoms with E-state index in [-0.39, 0.29) is 11.6 Å². The molecule has 2 rings (SSSR count). The van der Waals surface area contributed by atoms with Crippen LogP contribution in [0.2, 0.25) is 5.02 Å². The second-order valence-electron chi connectivity index (χ2n) is 5.15. The van der Waals surface area contributed by atoms with Gasteiger partial charge in [0.15, 0.2) is 0 Å². The summed E-state index contributed by atoms with van der Waals surface area (Å²) in [5.41, 5.74) is 0.328. The van der Waals surface area contributed by atoms with Gasteiger partial charge in [-0.15, -0.1) is 0 Å². The van der Waals surface area contributed by atoms with Crippen LogP contribution in [0.15, 0.2) is 18.2 Å². The van der Waals surface area contributed by atoms with Crippen LogP contribution in [0.3, 0.4) is 0 Å². The van der Waals surface area contributed by atoms with Crippen LogP contribution in [0, 0.1) is 5.82 Å². The van der Waals surface area contributed by atoms with Crippen molar-refractivity contribution in [2.75, 3.05) is 25.0 Å². The number of halogens is 4. The molecule has 3 amide bonds. The van der Waals surface area contributed by atoms with Crippen LogP contribution in [0.25, 0.3) is 0 Å². The van der Waals surface area contributed by atoms with Crippen LogP contribution in [-0.2, 0) is 4.79 Å². The normalized spacial score (nSPS) is 17.7. The summed E-state index contributed by atoms with van der Waals surface area (Å²) in [4.78, 5) is 26.2. The summed E-state index contributed by atoms with van der Waals surface area (Å²) in [6, 6.07) is 2.38. The lowest BCUT2D eigenvalue weighted by molar-refractivity contribution is -0.118. The molecular formula is C14H15ClF3N3O2. The maximum absolute atomic E-state index is 13.5. The minimum Gasteiger partial charge on any atom is -0.326 e. The molecule has 1 aliphatic rings. The Morgan fingerprint density at radius 3 is 2.83 bits per heavy atom. The summed E-state index contributed by atoms with van der Waals surface area (Å²) in [6.07, 6.45) is -2.35. The van der Waals surface area contributed by atoms with Gasteiger partial charge >= 0.3 is 6.03 Å². The molecule has 0 aliphatic carbocycles. The Kier molecular flexibility index (Phi) is 5.35. The quantitative estimate of drug-likeness (QED) is 0.908. The molecule has 0 saturated carbocycles. The van der Waals surface area contributed by atoms with Crippen molar-refractivity contribution >= 4 is 29.2 Å². The maximum atomic E-state index is 13.5. The van der Waals surface area contributed by atoms with E-state index in [2.05, 4.69) is 5.32 Å². The topological polar surface area (TPSA) is 52.7 Å². The zero-order valence-electron chi connectivity index (χ0n) is 12.2. The van der Waals surface area contributed by atoms with Crippen LogP contribution >= 0.6 is 11.6 Å². The number of hydrogen-bond donors (Lipinski definition) is 1. The summed E-state index contributed by atoms with van der Waals surface area (Å²) < 4.78 is 38.0. The molecule has 126 valence electrons. The van der Waals surface area contributed by atoms with E-state index in [1.54, 1.807) is 0 Å². The van der Waals surface area contributed by atoms with Crippen molar-refractivity contribution in [2.45, 2.75) is 18.9 Å². The van der Waals surface area contributed by atoms with E-state index in [1.807, 2.05) is 0 Å². The van der Waals surface area contributed by atoms with E-state index >= 15 is 0 Å². The van der Waals surface area contributed by atoms with Crippen molar-refractivity contribution in [1.82, 2.24) is 10.2 Å². The Labute approximate surface area is 136 Å². The molecule has 0 spiro atoms. The largest absolute Gasteiger partial charge is 0.326 e. The van der Waals surface area contributed by atoms with E-state index in [0.717, 1.165) is 11.0 Å². The summed E-state index contributed by atoms with van der Waals surface area (Å²) in [6.45, 7) is -0.442. The molecule has 1 fully saturated rings. The van der Waals surface area contributed by atoms with Crippen LogP contribution in [0.5, 0.6) is 0 Å². The van der Waals surface area contributed by atoms with Gasteiger partial charge in [-0.05, 0) is 24.6 Å². The number of nitrogens with zero attached hydrogens (tertiary/aromatic N) is 2. The highest BCUT2D eigenvalue weighted by molar-refractivity contribution is 6.30. The van der Waals surface area contributed by atoms with Gasteiger partial charge in [-0.25, -0.2) is 18.0 Å². The number of nitrogens with one attached hydrogen (secondary N) is 1. The van der Waals surface area contributed by atoms with E-state index in [9.17, 15) is 22.8 Å². The first kappa shape index (κ1) is 17.4. The SMILES string of the molecule is CN(CC(F)F)C(=O)NC1CCN(c2ccc(Cl)c(F)c2)C1=O. The lowest BCUT2D eigenvalue weighted by Crippen LogP contribution is -2.47. The first-order chi connectivity index (χ1) is 10.8. The third-order valence-corrected chi connectivity index (χ3v) is 3.78. The van der Waals surface area contributed by atoms with E-state index in [4.69, 9.17) is 11.6 Å². The van der Waals surface area contributed by atoms with Gasteiger partial charge in [-0.2, -0.15) is 0 Å². The average molecular weight is 350 g/mol. The molecular weight excluding hydrogens is 335 g/mol. The molecule has 1 aromatic carbocycles. The van der Waals surface area contributed by atoms with Gasteiger partial charge in [0.25, 0.3) is 6.43 Å². The molecule has 5 nitrogen and oxygen atoms in total. The molecule has 1 aromatic rings. The number of anilines is 1. The Bertz CT molecular complexity index is 615. The van der Waals surface area contributed by atoms with Gasteiger partial charge < -0.3 is 15.1 Å². The number of alkyl halides is 2. The smallest absolute Gasteiger partial charge is 0.317 e. The van der Waals surface area contributed by atoms with E-state index in [1.165, 1.54) is 24.1 Å². The highest BCUT2D eigenvalue weighted by Crippen LogP contribution is 2.25. The lowest BCUT2D eigenvalue weighted by atomic mass is 10.2. The second-order valence-corrected chi connectivity index (χ2v) is 5.56. The van der Waals surface area contributed by atoms with Gasteiger partial charge in [0.1, 0.15) is 11.9 Å². The van der Waals surface area contributed by atoms with Gasteiger partial charge in [-0.1, -0.05) is 11.6 Å². The zero-order valence-corrected chi connectivity index (χ0v) is 13.0. The van der Waals surface area contributed by atoms with Crippen LogP contribution in [0.4, 0.5) is 23.7 Å². The summed E-state index contributed by atoms with van der Waals surface area (Å²) in [5.74, 6) is -1.08. The molecule has 1 aliphatic heterocycles. The van der Waals surface area contributed by atoms with Crippen LogP contribution in [0.1, 0.15) is 6.42 Å². The molecule has 0 bridgehead atoms. The van der Waals surface area contributed by atoms with Crippen LogP contribution in [-0.4, -0.2) is 49.4 Å². The Morgan fingerprint density at radius 2 is 2.22 bits per heavy atom. The Balaban J connectivity index is 2.01. The molecule has 23 heavy (non-hydrogen) atoms. The van der Waals surface area contributed by atoms with Crippen LogP contribution < -0.4 is 10.2 Å². The van der Waals surface area contributed by atoms with E-state index in [0.29, 0.717) is 12.1 Å². The summed E-state index contributed by atoms with van der Waals surface area (Å²) >= 11 is 5.60. The number of carbonyl (C=O) groups is 2. The number of hydrogen-bond acceptors (Lipinski definition) is 2. The molecule has 9 heteroatoms. The predicted molar refractivity (Wildman–Crippen MR) is 79.3 cm³/mol. The number of urea groups is 1. The van der Waals surface area contributed by atoms with Crippen molar-refractivity contribution < 1.29 is 22.8 Å². The summed E-state index contributed by atoms with van der Waals surface area (Å²) in [7, 11) is 1.22. The molecule has 1 N–H and O–H groups in total. The third kappa shape index (κ3) is 4.07. The fourth-order valence-corrected chi connectivity index (χ4v) is 2.39. The monoisotopic (exact) mass is 349 g/mol. The number of rotatable bonds is 4. The third-order valence-electron chi connectivity index (χ3n) is 3.48. The molecule has 1 heterocycles. The zero-order chi connectivity index (χ0) is 17.1. The maximum Gasteiger partial charge on any atom is 0.317 e. The summed E-state index contributed by atoms with van der Waals surface area (Å²) in [5, 5.41) is 2.35. The minimum atomic E-state index is -2.65. The van der Waals surface area contributed by atoms with Crippen molar-refractivity contribution in [3.05, 3.63) is 29.0 Å². The van der Waals surface area contributed by atoms with Crippen molar-refractivity contribution in [3.63, 3.8) is 0 Å². The fourth-order valence-electron chi connectivity index (χ4n) is 2.27. The Morgan fingerprint density at radius 1 is 1.52 bits per heavy atom. The van der Waals surface area contributed by atoms with Gasteiger partial charge in [-0.3, -0.25) is 4.79 Å². The first-order valence-electron chi connectivity index (χ1n) is 6.86. The molecule has 1 saturated heterocycles.